The number of aromatic nitrogens is 3. The highest BCUT2D eigenvalue weighted by molar-refractivity contribution is 7.13. The number of rotatable bonds is 6. The van der Waals surface area contributed by atoms with E-state index < -0.39 is 0 Å². The Morgan fingerprint density at radius 1 is 1.28 bits per heavy atom. The molecule has 1 fully saturated rings. The van der Waals surface area contributed by atoms with Crippen LogP contribution in [-0.4, -0.2) is 38.8 Å². The average molecular weight is 409 g/mol. The zero-order valence-corrected chi connectivity index (χ0v) is 17.0. The Kier molecular flexibility index (Phi) is 6.14. The lowest BCUT2D eigenvalue weighted by molar-refractivity contribution is -0.132. The lowest BCUT2D eigenvalue weighted by Gasteiger charge is -2.32. The van der Waals surface area contributed by atoms with E-state index in [0.29, 0.717) is 24.5 Å². The van der Waals surface area contributed by atoms with Gasteiger partial charge in [-0.15, -0.1) is 11.3 Å². The number of aromatic amines is 1. The van der Waals surface area contributed by atoms with Crippen molar-refractivity contribution in [3.63, 3.8) is 0 Å². The summed E-state index contributed by atoms with van der Waals surface area (Å²) in [6, 6.07) is 9.44. The van der Waals surface area contributed by atoms with E-state index in [2.05, 4.69) is 9.97 Å². The smallest absolute Gasteiger partial charge is 0.251 e. The number of amides is 1. The monoisotopic (exact) mass is 408 g/mol. The van der Waals surface area contributed by atoms with E-state index in [1.165, 1.54) is 5.56 Å². The van der Waals surface area contributed by atoms with Crippen molar-refractivity contribution < 1.29 is 4.79 Å². The zero-order chi connectivity index (χ0) is 20.1. The van der Waals surface area contributed by atoms with E-state index >= 15 is 0 Å². The second-order valence-corrected chi connectivity index (χ2v) is 8.33. The van der Waals surface area contributed by atoms with Crippen LogP contribution < -0.4 is 5.56 Å². The van der Waals surface area contributed by atoms with E-state index in [1.54, 1.807) is 29.8 Å². The van der Waals surface area contributed by atoms with Gasteiger partial charge in [0.2, 0.25) is 5.91 Å². The van der Waals surface area contributed by atoms with Crippen LogP contribution in [0, 0.1) is 0 Å². The van der Waals surface area contributed by atoms with Crippen LogP contribution in [0.1, 0.15) is 43.0 Å². The average Bonchev–Trinajstić information content (AvgIpc) is 3.29. The molecule has 0 bridgehead atoms. The van der Waals surface area contributed by atoms with Gasteiger partial charge in [0, 0.05) is 43.9 Å². The number of nitrogens with zero attached hydrogens (tertiary/aromatic N) is 3. The van der Waals surface area contributed by atoms with Crippen molar-refractivity contribution in [1.82, 2.24) is 19.9 Å². The molecular formula is C22H24N4O2S. The predicted octanol–water partition coefficient (Wildman–Crippen LogP) is 3.62. The van der Waals surface area contributed by atoms with Gasteiger partial charge in [-0.1, -0.05) is 6.07 Å². The highest BCUT2D eigenvalue weighted by atomic mass is 32.1. The van der Waals surface area contributed by atoms with E-state index in [-0.39, 0.29) is 17.4 Å². The Balaban J connectivity index is 1.39. The maximum absolute atomic E-state index is 12.7. The molecule has 0 aliphatic carbocycles. The molecular weight excluding hydrogens is 384 g/mol. The minimum absolute atomic E-state index is 0.0699. The van der Waals surface area contributed by atoms with Crippen LogP contribution in [0.15, 0.2) is 52.9 Å². The first-order valence-corrected chi connectivity index (χ1v) is 10.9. The number of aryl methyl sites for hydroxylation is 1. The van der Waals surface area contributed by atoms with Gasteiger partial charge in [0.15, 0.2) is 0 Å². The lowest BCUT2D eigenvalue weighted by Crippen LogP contribution is -2.39. The van der Waals surface area contributed by atoms with Crippen LogP contribution in [-0.2, 0) is 11.2 Å². The third kappa shape index (κ3) is 4.98. The molecule has 0 saturated carbocycles. The van der Waals surface area contributed by atoms with Crippen molar-refractivity contribution in [1.29, 1.82) is 0 Å². The predicted molar refractivity (Wildman–Crippen MR) is 114 cm³/mol. The van der Waals surface area contributed by atoms with Crippen LogP contribution in [0.3, 0.4) is 0 Å². The Bertz CT molecular complexity index is 1000. The molecule has 0 radical (unpaired) electrons. The first-order valence-electron chi connectivity index (χ1n) is 10.0. The van der Waals surface area contributed by atoms with Gasteiger partial charge in [-0.2, -0.15) is 0 Å². The van der Waals surface area contributed by atoms with Crippen LogP contribution in [0.4, 0.5) is 0 Å². The summed E-state index contributed by atoms with van der Waals surface area (Å²) >= 11 is 1.57. The summed E-state index contributed by atoms with van der Waals surface area (Å²) in [4.78, 5) is 39.4. The number of likely N-dealkylation sites (tertiary alicyclic amines) is 1. The highest BCUT2D eigenvalue weighted by Gasteiger charge is 2.26. The second-order valence-electron chi connectivity index (χ2n) is 7.38. The number of piperidine rings is 1. The fourth-order valence-electron chi connectivity index (χ4n) is 3.80. The highest BCUT2D eigenvalue weighted by Crippen LogP contribution is 2.27. The molecule has 6 nitrogen and oxygen atoms in total. The number of pyridine rings is 1. The van der Waals surface area contributed by atoms with Gasteiger partial charge in [-0.3, -0.25) is 14.6 Å². The molecule has 1 saturated heterocycles. The van der Waals surface area contributed by atoms with E-state index in [1.807, 2.05) is 34.5 Å². The Morgan fingerprint density at radius 3 is 2.93 bits per heavy atom. The maximum atomic E-state index is 12.7. The molecule has 1 atom stereocenters. The van der Waals surface area contributed by atoms with Crippen LogP contribution >= 0.6 is 11.3 Å². The molecule has 0 spiro atoms. The number of carbonyl (C=O) groups excluding carboxylic acids is 1. The number of thiophene rings is 1. The molecule has 3 aromatic heterocycles. The van der Waals surface area contributed by atoms with Gasteiger partial charge in [0.05, 0.1) is 10.6 Å². The lowest BCUT2D eigenvalue weighted by atomic mass is 9.96. The minimum Gasteiger partial charge on any atom is -0.342 e. The van der Waals surface area contributed by atoms with Crippen molar-refractivity contribution in [3.05, 3.63) is 69.8 Å². The zero-order valence-electron chi connectivity index (χ0n) is 16.2. The molecule has 0 aromatic carbocycles. The Morgan fingerprint density at radius 2 is 2.14 bits per heavy atom. The molecule has 29 heavy (non-hydrogen) atoms. The van der Waals surface area contributed by atoms with Crippen molar-refractivity contribution in [2.24, 2.45) is 0 Å². The SMILES string of the molecule is O=C(CCCc1ccncc1)N1CCCC(c2nc(-c3cccs3)cc(=O)[nH]2)C1. The second kappa shape index (κ2) is 9.13. The van der Waals surface area contributed by atoms with Crippen molar-refractivity contribution >= 4 is 17.2 Å². The maximum Gasteiger partial charge on any atom is 0.251 e. The summed E-state index contributed by atoms with van der Waals surface area (Å²) in [6.07, 6.45) is 7.66. The van der Waals surface area contributed by atoms with Gasteiger partial charge >= 0.3 is 0 Å². The number of H-pyrrole nitrogens is 1. The van der Waals surface area contributed by atoms with Gasteiger partial charge < -0.3 is 9.88 Å². The van der Waals surface area contributed by atoms with E-state index in [4.69, 9.17) is 4.98 Å². The molecule has 1 unspecified atom stereocenters. The molecule has 7 heteroatoms. The summed E-state index contributed by atoms with van der Waals surface area (Å²) in [5.41, 5.74) is 1.77. The van der Waals surface area contributed by atoms with Gasteiger partial charge in [-0.25, -0.2) is 4.98 Å². The molecule has 3 aromatic rings. The van der Waals surface area contributed by atoms with Crippen molar-refractivity contribution in [2.45, 2.75) is 38.0 Å². The van der Waals surface area contributed by atoms with E-state index in [9.17, 15) is 9.59 Å². The fraction of sp³-hybridized carbons (Fsp3) is 0.364. The van der Waals surface area contributed by atoms with E-state index in [0.717, 1.165) is 37.1 Å². The molecule has 1 N–H and O–H groups in total. The summed E-state index contributed by atoms with van der Waals surface area (Å²) < 4.78 is 0. The first-order chi connectivity index (χ1) is 14.2. The summed E-state index contributed by atoms with van der Waals surface area (Å²) in [5, 5.41) is 1.98. The molecule has 150 valence electrons. The van der Waals surface area contributed by atoms with Crippen molar-refractivity contribution in [3.8, 4) is 10.6 Å². The van der Waals surface area contributed by atoms with Crippen molar-refractivity contribution in [2.75, 3.05) is 13.1 Å². The van der Waals surface area contributed by atoms with Crippen LogP contribution in [0.5, 0.6) is 0 Å². The van der Waals surface area contributed by atoms with Crippen LogP contribution in [0.25, 0.3) is 10.6 Å². The molecule has 1 aliphatic rings. The number of hydrogen-bond acceptors (Lipinski definition) is 5. The molecule has 4 heterocycles. The molecule has 1 aliphatic heterocycles. The largest absolute Gasteiger partial charge is 0.342 e. The summed E-state index contributed by atoms with van der Waals surface area (Å²) in [7, 11) is 0. The number of hydrogen-bond donors (Lipinski definition) is 1. The quantitative estimate of drug-likeness (QED) is 0.676. The van der Waals surface area contributed by atoms with Crippen LogP contribution in [0.2, 0.25) is 0 Å². The van der Waals surface area contributed by atoms with Gasteiger partial charge in [0.1, 0.15) is 5.82 Å². The van der Waals surface area contributed by atoms with Gasteiger partial charge in [-0.05, 0) is 54.8 Å². The third-order valence-corrected chi connectivity index (χ3v) is 6.19. The fourth-order valence-corrected chi connectivity index (χ4v) is 4.48. The van der Waals surface area contributed by atoms with Gasteiger partial charge in [0.25, 0.3) is 5.56 Å². The number of carbonyl (C=O) groups is 1. The minimum atomic E-state index is -0.140. The topological polar surface area (TPSA) is 79.0 Å². The Hall–Kier alpha value is -2.80. The molecule has 1 amide bonds. The standard InChI is InChI=1S/C22H24N4O2S/c27-20-14-18(19-6-3-13-29-19)24-22(25-20)17-5-2-12-26(15-17)21(28)7-1-4-16-8-10-23-11-9-16/h3,6,8-11,13-14,17H,1-2,4-5,7,12,15H2,(H,24,25,27). The first kappa shape index (κ1) is 19.5. The molecule has 4 rings (SSSR count). The number of nitrogens with one attached hydrogen (secondary N) is 1. The Labute approximate surface area is 173 Å². The normalized spacial score (nSPS) is 16.7. The third-order valence-electron chi connectivity index (χ3n) is 5.30. The summed E-state index contributed by atoms with van der Waals surface area (Å²) in [6.45, 7) is 1.39. The summed E-state index contributed by atoms with van der Waals surface area (Å²) in [5.74, 6) is 0.941.